The average Bonchev–Trinajstić information content (AvgIpc) is 3.74. The molecule has 0 fully saturated rings. The van der Waals surface area contributed by atoms with Crippen LogP contribution in [0, 0.1) is 0 Å². The maximum absolute atomic E-state index is 2.51. The van der Waals surface area contributed by atoms with E-state index in [9.17, 15) is 0 Å². The quantitative estimate of drug-likeness (QED) is 0.200. The number of rotatable bonds is 3. The Morgan fingerprint density at radius 1 is 0.267 bits per heavy atom. The summed E-state index contributed by atoms with van der Waals surface area (Å²) in [6.07, 6.45) is 0. The van der Waals surface area contributed by atoms with Crippen molar-refractivity contribution in [3.63, 3.8) is 0 Å². The van der Waals surface area contributed by atoms with Gasteiger partial charge in [0.05, 0.1) is 44.5 Å². The Labute approximate surface area is 259 Å². The van der Waals surface area contributed by atoms with Gasteiger partial charge in [-0.3, -0.25) is 0 Å². The molecule has 3 nitrogen and oxygen atoms in total. The van der Waals surface area contributed by atoms with Gasteiger partial charge < -0.3 is 13.7 Å². The molecule has 0 aliphatic heterocycles. The van der Waals surface area contributed by atoms with Crippen LogP contribution in [0.1, 0.15) is 0 Å². The SMILES string of the molecule is c1ccc(-n2c3ccccc3c3c2ccc2c4ccccc4n(-c4ccccc4-n4c5ccccc5c5ccccc54)c23)cc1. The zero-order valence-electron chi connectivity index (χ0n) is 24.4. The van der Waals surface area contributed by atoms with Crippen molar-refractivity contribution in [3.05, 3.63) is 164 Å². The average molecular weight is 574 g/mol. The van der Waals surface area contributed by atoms with Gasteiger partial charge in [-0.15, -0.1) is 0 Å². The van der Waals surface area contributed by atoms with Crippen LogP contribution in [0.5, 0.6) is 0 Å². The number of fused-ring (bicyclic) bond motifs is 10. The molecule has 0 aliphatic carbocycles. The summed E-state index contributed by atoms with van der Waals surface area (Å²) in [4.78, 5) is 0. The summed E-state index contributed by atoms with van der Waals surface area (Å²) in [5.41, 5.74) is 10.7. The molecule has 7 aromatic carbocycles. The number of para-hydroxylation sites is 7. The molecule has 0 bridgehead atoms. The van der Waals surface area contributed by atoms with E-state index in [4.69, 9.17) is 0 Å². The van der Waals surface area contributed by atoms with Gasteiger partial charge in [0.15, 0.2) is 0 Å². The predicted molar refractivity (Wildman–Crippen MR) is 189 cm³/mol. The molecule has 3 heterocycles. The van der Waals surface area contributed by atoms with E-state index < -0.39 is 0 Å². The fourth-order valence-corrected chi connectivity index (χ4v) is 7.64. The van der Waals surface area contributed by atoms with Crippen LogP contribution in [-0.4, -0.2) is 13.7 Å². The smallest absolute Gasteiger partial charge is 0.0703 e. The molecule has 0 atom stereocenters. The number of hydrogen-bond acceptors (Lipinski definition) is 0. The van der Waals surface area contributed by atoms with Crippen molar-refractivity contribution in [1.82, 2.24) is 13.7 Å². The van der Waals surface area contributed by atoms with Gasteiger partial charge >= 0.3 is 0 Å². The molecule has 0 N–H and O–H groups in total. The molecule has 0 unspecified atom stereocenters. The maximum Gasteiger partial charge on any atom is 0.0703 e. The van der Waals surface area contributed by atoms with Gasteiger partial charge in [0.1, 0.15) is 0 Å². The van der Waals surface area contributed by atoms with Crippen LogP contribution < -0.4 is 0 Å². The molecule has 0 amide bonds. The Hall–Kier alpha value is -6.06. The van der Waals surface area contributed by atoms with E-state index >= 15 is 0 Å². The second-order valence-corrected chi connectivity index (χ2v) is 11.8. The number of nitrogens with zero attached hydrogens (tertiary/aromatic N) is 3. The third-order valence-corrected chi connectivity index (χ3v) is 9.43. The molecule has 10 aromatic rings. The molecule has 210 valence electrons. The van der Waals surface area contributed by atoms with Gasteiger partial charge in [-0.05, 0) is 54.6 Å². The Balaban J connectivity index is 1.41. The monoisotopic (exact) mass is 573 g/mol. The standard InChI is InChI=1S/C42H27N3/c1-2-14-28(15-3-1)43-37-23-11-7-19-33(37)41-40(43)27-26-32-31-18-6-10-22-36(31)45(42(32)41)39-25-13-12-24-38(39)44-34-20-8-4-16-29(34)30-17-5-9-21-35(30)44/h1-27H. The van der Waals surface area contributed by atoms with Crippen LogP contribution >= 0.6 is 0 Å². The number of aromatic nitrogens is 3. The predicted octanol–water partition coefficient (Wildman–Crippen LogP) is 11.0. The van der Waals surface area contributed by atoms with E-state index in [1.54, 1.807) is 0 Å². The molecular weight excluding hydrogens is 546 g/mol. The topological polar surface area (TPSA) is 14.8 Å². The van der Waals surface area contributed by atoms with Crippen molar-refractivity contribution in [2.45, 2.75) is 0 Å². The van der Waals surface area contributed by atoms with Crippen molar-refractivity contribution in [1.29, 1.82) is 0 Å². The first-order valence-corrected chi connectivity index (χ1v) is 15.5. The van der Waals surface area contributed by atoms with Crippen molar-refractivity contribution in [3.8, 4) is 17.1 Å². The number of hydrogen-bond donors (Lipinski definition) is 0. The van der Waals surface area contributed by atoms with Crippen LogP contribution in [0.25, 0.3) is 82.5 Å². The van der Waals surface area contributed by atoms with Crippen LogP contribution in [0.15, 0.2) is 164 Å². The summed E-state index contributed by atoms with van der Waals surface area (Å²) >= 11 is 0. The first-order valence-electron chi connectivity index (χ1n) is 15.5. The highest BCUT2D eigenvalue weighted by molar-refractivity contribution is 6.26. The van der Waals surface area contributed by atoms with Gasteiger partial charge in [0.25, 0.3) is 0 Å². The molecule has 0 radical (unpaired) electrons. The largest absolute Gasteiger partial charge is 0.309 e. The van der Waals surface area contributed by atoms with Crippen LogP contribution in [-0.2, 0) is 0 Å². The first-order chi connectivity index (χ1) is 22.4. The molecular formula is C42H27N3. The second-order valence-electron chi connectivity index (χ2n) is 11.8. The fraction of sp³-hybridized carbons (Fsp3) is 0. The van der Waals surface area contributed by atoms with Gasteiger partial charge in [0, 0.05) is 38.0 Å². The summed E-state index contributed by atoms with van der Waals surface area (Å²) < 4.78 is 7.35. The lowest BCUT2D eigenvalue weighted by atomic mass is 10.1. The van der Waals surface area contributed by atoms with E-state index in [-0.39, 0.29) is 0 Å². The molecule has 0 aliphatic rings. The summed E-state index contributed by atoms with van der Waals surface area (Å²) in [6.45, 7) is 0. The van der Waals surface area contributed by atoms with Crippen molar-refractivity contribution < 1.29 is 0 Å². The molecule has 3 heteroatoms. The Kier molecular flexibility index (Phi) is 5.00. The zero-order chi connectivity index (χ0) is 29.5. The lowest BCUT2D eigenvalue weighted by molar-refractivity contribution is 1.10. The summed E-state index contributed by atoms with van der Waals surface area (Å²) in [5, 5.41) is 7.55. The molecule has 45 heavy (non-hydrogen) atoms. The van der Waals surface area contributed by atoms with Gasteiger partial charge in [-0.25, -0.2) is 0 Å². The lowest BCUT2D eigenvalue weighted by Crippen LogP contribution is -2.03. The maximum atomic E-state index is 2.51. The van der Waals surface area contributed by atoms with Crippen LogP contribution in [0.3, 0.4) is 0 Å². The molecule has 10 rings (SSSR count). The Morgan fingerprint density at radius 2 is 0.711 bits per heavy atom. The minimum absolute atomic E-state index is 1.15. The first kappa shape index (κ1) is 24.4. The molecule has 0 saturated carbocycles. The van der Waals surface area contributed by atoms with Gasteiger partial charge in [-0.2, -0.15) is 0 Å². The highest BCUT2D eigenvalue weighted by Crippen LogP contribution is 2.43. The normalized spacial score (nSPS) is 12.0. The van der Waals surface area contributed by atoms with Gasteiger partial charge in [-0.1, -0.05) is 109 Å². The minimum Gasteiger partial charge on any atom is -0.309 e. The van der Waals surface area contributed by atoms with Crippen LogP contribution in [0.2, 0.25) is 0 Å². The third kappa shape index (κ3) is 3.30. The fourth-order valence-electron chi connectivity index (χ4n) is 7.64. The molecule has 3 aromatic heterocycles. The summed E-state index contributed by atoms with van der Waals surface area (Å²) in [6, 6.07) is 59.4. The van der Waals surface area contributed by atoms with Crippen molar-refractivity contribution in [2.24, 2.45) is 0 Å². The van der Waals surface area contributed by atoms with E-state index in [1.807, 2.05) is 0 Å². The van der Waals surface area contributed by atoms with E-state index in [0.717, 1.165) is 17.1 Å². The van der Waals surface area contributed by atoms with Crippen molar-refractivity contribution in [2.75, 3.05) is 0 Å². The molecule has 0 spiro atoms. The van der Waals surface area contributed by atoms with E-state index in [0.29, 0.717) is 0 Å². The number of benzene rings is 7. The second kappa shape index (κ2) is 9.22. The van der Waals surface area contributed by atoms with E-state index in [2.05, 4.69) is 177 Å². The minimum atomic E-state index is 1.15. The zero-order valence-corrected chi connectivity index (χ0v) is 24.4. The summed E-state index contributed by atoms with van der Waals surface area (Å²) in [5.74, 6) is 0. The third-order valence-electron chi connectivity index (χ3n) is 9.43. The highest BCUT2D eigenvalue weighted by Gasteiger charge is 2.23. The Morgan fingerprint density at radius 3 is 1.33 bits per heavy atom. The van der Waals surface area contributed by atoms with Crippen LogP contribution in [0.4, 0.5) is 0 Å². The van der Waals surface area contributed by atoms with Crippen molar-refractivity contribution >= 4 is 65.4 Å². The van der Waals surface area contributed by atoms with Gasteiger partial charge in [0.2, 0.25) is 0 Å². The Bertz CT molecular complexity index is 2700. The summed E-state index contributed by atoms with van der Waals surface area (Å²) in [7, 11) is 0. The highest BCUT2D eigenvalue weighted by atomic mass is 15.1. The molecule has 0 saturated heterocycles. The lowest BCUT2D eigenvalue weighted by Gasteiger charge is -2.17. The van der Waals surface area contributed by atoms with E-state index in [1.165, 1.54) is 65.4 Å².